The van der Waals surface area contributed by atoms with Crippen LogP contribution in [0.25, 0.3) is 0 Å². The van der Waals surface area contributed by atoms with Crippen molar-refractivity contribution in [1.82, 2.24) is 0 Å². The minimum atomic E-state index is -0.819. The molecular weight excluding hydrogens is 781 g/mol. The number of unbranched alkanes of at least 4 members (excludes halogenated alkanes) is 21. The molecule has 0 heterocycles. The first-order valence-corrected chi connectivity index (χ1v) is 26.1. The third-order valence-electron chi connectivity index (χ3n) is 10.9. The van der Waals surface area contributed by atoms with Gasteiger partial charge in [0.25, 0.3) is 0 Å². The highest BCUT2D eigenvalue weighted by Crippen LogP contribution is 2.14. The summed E-state index contributed by atoms with van der Waals surface area (Å²) in [6.45, 7) is 6.50. The van der Waals surface area contributed by atoms with E-state index in [2.05, 4.69) is 99.8 Å². The Kier molecular flexibility index (Phi) is 48.5. The summed E-state index contributed by atoms with van der Waals surface area (Å²) < 4.78 is 16.7. The van der Waals surface area contributed by atoms with E-state index in [1.165, 1.54) is 103 Å². The minimum Gasteiger partial charge on any atom is -0.462 e. The highest BCUT2D eigenvalue weighted by atomic mass is 16.6. The molecule has 6 heteroatoms. The van der Waals surface area contributed by atoms with Crippen molar-refractivity contribution in [2.24, 2.45) is 0 Å². The van der Waals surface area contributed by atoms with Crippen molar-refractivity contribution in [3.63, 3.8) is 0 Å². The van der Waals surface area contributed by atoms with Crippen LogP contribution in [-0.4, -0.2) is 37.2 Å². The van der Waals surface area contributed by atoms with Crippen molar-refractivity contribution in [2.75, 3.05) is 13.2 Å². The molecule has 63 heavy (non-hydrogen) atoms. The van der Waals surface area contributed by atoms with Crippen molar-refractivity contribution < 1.29 is 28.6 Å². The second kappa shape index (κ2) is 51.2. The zero-order valence-electron chi connectivity index (χ0n) is 41.1. The van der Waals surface area contributed by atoms with Gasteiger partial charge >= 0.3 is 17.9 Å². The maximum absolute atomic E-state index is 12.8. The van der Waals surface area contributed by atoms with Gasteiger partial charge in [-0.3, -0.25) is 14.4 Å². The van der Waals surface area contributed by atoms with Crippen molar-refractivity contribution in [2.45, 2.75) is 245 Å². The number of rotatable bonds is 46. The molecular formula is C57H96O6. The number of allylic oxidation sites excluding steroid dienone is 14. The first-order valence-electron chi connectivity index (χ1n) is 26.1. The average molecular weight is 877 g/mol. The molecule has 0 aliphatic carbocycles. The van der Waals surface area contributed by atoms with Gasteiger partial charge in [-0.15, -0.1) is 0 Å². The molecule has 0 aromatic heterocycles. The van der Waals surface area contributed by atoms with Crippen LogP contribution in [0.3, 0.4) is 0 Å². The highest BCUT2D eigenvalue weighted by Gasteiger charge is 2.19. The smallest absolute Gasteiger partial charge is 0.306 e. The predicted octanol–water partition coefficient (Wildman–Crippen LogP) is 17.2. The summed E-state index contributed by atoms with van der Waals surface area (Å²) in [5.74, 6) is -1.01. The number of hydrogen-bond acceptors (Lipinski definition) is 6. The van der Waals surface area contributed by atoms with E-state index in [0.29, 0.717) is 19.3 Å². The van der Waals surface area contributed by atoms with Gasteiger partial charge in [0.05, 0.1) is 0 Å². The third-order valence-corrected chi connectivity index (χ3v) is 10.9. The van der Waals surface area contributed by atoms with E-state index < -0.39 is 12.1 Å². The molecule has 0 aliphatic rings. The van der Waals surface area contributed by atoms with Crippen molar-refractivity contribution >= 4 is 17.9 Å². The lowest BCUT2D eigenvalue weighted by atomic mass is 10.1. The van der Waals surface area contributed by atoms with Gasteiger partial charge in [0.15, 0.2) is 6.10 Å². The molecule has 0 radical (unpaired) electrons. The van der Waals surface area contributed by atoms with Crippen LogP contribution >= 0.6 is 0 Å². The molecule has 0 aromatic carbocycles. The molecule has 360 valence electrons. The van der Waals surface area contributed by atoms with E-state index in [1.807, 2.05) is 6.08 Å². The summed E-state index contributed by atoms with van der Waals surface area (Å²) >= 11 is 0. The van der Waals surface area contributed by atoms with Gasteiger partial charge < -0.3 is 14.2 Å². The van der Waals surface area contributed by atoms with E-state index in [0.717, 1.165) is 89.9 Å². The molecule has 0 N–H and O–H groups in total. The molecule has 0 bridgehead atoms. The molecule has 0 unspecified atom stereocenters. The van der Waals surface area contributed by atoms with Crippen LogP contribution in [0.5, 0.6) is 0 Å². The largest absolute Gasteiger partial charge is 0.462 e. The fourth-order valence-electron chi connectivity index (χ4n) is 6.92. The normalized spacial score (nSPS) is 12.7. The zero-order valence-corrected chi connectivity index (χ0v) is 41.1. The van der Waals surface area contributed by atoms with Gasteiger partial charge in [-0.1, -0.05) is 215 Å². The van der Waals surface area contributed by atoms with Crippen molar-refractivity contribution in [3.05, 3.63) is 85.1 Å². The van der Waals surface area contributed by atoms with Gasteiger partial charge in [-0.2, -0.15) is 0 Å². The summed E-state index contributed by atoms with van der Waals surface area (Å²) in [5, 5.41) is 0. The lowest BCUT2D eigenvalue weighted by Crippen LogP contribution is -2.30. The summed E-state index contributed by atoms with van der Waals surface area (Å²) in [6.07, 6.45) is 65.7. The minimum absolute atomic E-state index is 0.110. The van der Waals surface area contributed by atoms with Crippen LogP contribution in [0.2, 0.25) is 0 Å². The first kappa shape index (κ1) is 59.6. The molecule has 0 aromatic rings. The summed E-state index contributed by atoms with van der Waals surface area (Å²) in [4.78, 5) is 37.9. The van der Waals surface area contributed by atoms with E-state index in [9.17, 15) is 14.4 Å². The maximum atomic E-state index is 12.8. The van der Waals surface area contributed by atoms with E-state index >= 15 is 0 Å². The Morgan fingerprint density at radius 2 is 0.603 bits per heavy atom. The van der Waals surface area contributed by atoms with Gasteiger partial charge in [0, 0.05) is 19.3 Å². The molecule has 0 rings (SSSR count). The fraction of sp³-hybridized carbons (Fsp3) is 0.702. The van der Waals surface area contributed by atoms with Crippen LogP contribution in [0, 0.1) is 0 Å². The molecule has 0 saturated heterocycles. The zero-order chi connectivity index (χ0) is 45.8. The molecule has 0 amide bonds. The number of carbonyl (C=O) groups excluding carboxylic acids is 3. The molecule has 0 saturated carbocycles. The van der Waals surface area contributed by atoms with Gasteiger partial charge in [0.1, 0.15) is 13.2 Å². The number of carbonyl (C=O) groups is 3. The van der Waals surface area contributed by atoms with Crippen LogP contribution < -0.4 is 0 Å². The first-order chi connectivity index (χ1) is 31.0. The lowest BCUT2D eigenvalue weighted by molar-refractivity contribution is -0.166. The second-order valence-electron chi connectivity index (χ2n) is 17.1. The van der Waals surface area contributed by atoms with Gasteiger partial charge in [-0.05, 0) is 89.9 Å². The standard InChI is InChI=1S/C57H96O6/c1-4-7-10-13-16-19-22-24-26-27-28-29-31-33-36-39-42-45-48-51-57(60)63-54(52-61-55(58)49-46-43-40-37-34-21-18-15-12-9-6-3)53-62-56(59)50-47-44-41-38-35-32-30-25-23-20-17-14-11-8-5-2/h16-17,19-20,24-26,28-30,33,36,42,45,54H,4-15,18,21-23,27,31-32,34-35,37-41,43-44,46-53H2,1-3H3/b19-16-,20-17-,26-24-,29-28-,30-25-,36-33-,45-42-/t54-/m0/s1. The Hall–Kier alpha value is -3.41. The summed E-state index contributed by atoms with van der Waals surface area (Å²) in [6, 6.07) is 0. The summed E-state index contributed by atoms with van der Waals surface area (Å²) in [7, 11) is 0. The fourth-order valence-corrected chi connectivity index (χ4v) is 6.92. The Bertz CT molecular complexity index is 1240. The number of esters is 3. The quantitative estimate of drug-likeness (QED) is 0.0262. The van der Waals surface area contributed by atoms with Crippen LogP contribution in [0.4, 0.5) is 0 Å². The third kappa shape index (κ3) is 49.5. The molecule has 6 nitrogen and oxygen atoms in total. The number of hydrogen-bond donors (Lipinski definition) is 0. The Balaban J connectivity index is 4.52. The molecule has 0 spiro atoms. The van der Waals surface area contributed by atoms with E-state index in [1.54, 1.807) is 0 Å². The molecule has 1 atom stereocenters. The highest BCUT2D eigenvalue weighted by molar-refractivity contribution is 5.71. The van der Waals surface area contributed by atoms with Gasteiger partial charge in [0.2, 0.25) is 0 Å². The summed E-state index contributed by atoms with van der Waals surface area (Å²) in [5.41, 5.74) is 0. The van der Waals surface area contributed by atoms with Crippen molar-refractivity contribution in [1.29, 1.82) is 0 Å². The SMILES string of the molecule is CCCCC/C=C\C/C=C\C/C=C\C/C=C\C/C=C\CCC(=O)O[C@H](COC(=O)CCCCCCC/C=C\C/C=C\CCCCC)COC(=O)CCCCCCCCCCCCC. The Labute approximate surface area is 388 Å². The Morgan fingerprint density at radius 1 is 0.317 bits per heavy atom. The topological polar surface area (TPSA) is 78.9 Å². The van der Waals surface area contributed by atoms with E-state index in [-0.39, 0.29) is 31.6 Å². The monoisotopic (exact) mass is 877 g/mol. The predicted molar refractivity (Wildman–Crippen MR) is 270 cm³/mol. The van der Waals surface area contributed by atoms with Gasteiger partial charge in [-0.25, -0.2) is 0 Å². The maximum Gasteiger partial charge on any atom is 0.306 e. The average Bonchev–Trinajstić information content (AvgIpc) is 3.28. The molecule has 0 aliphatic heterocycles. The van der Waals surface area contributed by atoms with E-state index in [4.69, 9.17) is 14.2 Å². The van der Waals surface area contributed by atoms with Crippen LogP contribution in [-0.2, 0) is 28.6 Å². The van der Waals surface area contributed by atoms with Crippen LogP contribution in [0.15, 0.2) is 85.1 Å². The van der Waals surface area contributed by atoms with Crippen molar-refractivity contribution in [3.8, 4) is 0 Å². The molecule has 0 fully saturated rings. The lowest BCUT2D eigenvalue weighted by Gasteiger charge is -2.18. The van der Waals surface area contributed by atoms with Crippen LogP contribution in [0.1, 0.15) is 239 Å². The number of ether oxygens (including phenoxy) is 3. The second-order valence-corrected chi connectivity index (χ2v) is 17.1. The Morgan fingerprint density at radius 3 is 0.984 bits per heavy atom.